The van der Waals surface area contributed by atoms with Crippen LogP contribution in [0.3, 0.4) is 0 Å². The first-order valence-electron chi connectivity index (χ1n) is 9.02. The van der Waals surface area contributed by atoms with Crippen molar-refractivity contribution in [2.45, 2.75) is 97.8 Å². The van der Waals surface area contributed by atoms with Crippen molar-refractivity contribution in [3.05, 3.63) is 0 Å². The van der Waals surface area contributed by atoms with Crippen molar-refractivity contribution in [2.24, 2.45) is 17.3 Å². The van der Waals surface area contributed by atoms with Crippen molar-refractivity contribution in [1.82, 2.24) is 0 Å². The van der Waals surface area contributed by atoms with Gasteiger partial charge >= 0.3 is 0 Å². The normalized spacial score (nSPS) is 25.6. The summed E-state index contributed by atoms with van der Waals surface area (Å²) in [5, 5.41) is 0. The van der Waals surface area contributed by atoms with Crippen LogP contribution in [0.15, 0.2) is 0 Å². The maximum Gasteiger partial charge on any atom is 0.120 e. The molecule has 0 radical (unpaired) electrons. The minimum atomic E-state index is 0.463. The number of hydrogen-bond acceptors (Lipinski definition) is 1. The molecule has 0 aromatic heterocycles. The van der Waals surface area contributed by atoms with Gasteiger partial charge in [-0.2, -0.15) is 0 Å². The molecule has 2 atom stereocenters. The summed E-state index contributed by atoms with van der Waals surface area (Å²) in [6.45, 7) is 7.02. The first-order chi connectivity index (χ1) is 9.59. The molecule has 1 rings (SSSR count). The summed E-state index contributed by atoms with van der Waals surface area (Å²) in [6.07, 6.45) is 17.0. The molecule has 1 fully saturated rings. The van der Waals surface area contributed by atoms with Gasteiger partial charge in [0, 0.05) is 6.42 Å². The molecule has 0 saturated heterocycles. The molecule has 0 unspecified atom stereocenters. The van der Waals surface area contributed by atoms with E-state index >= 15 is 0 Å². The van der Waals surface area contributed by atoms with Gasteiger partial charge in [-0.3, -0.25) is 0 Å². The number of carbonyl (C=O) groups excluding carboxylic acids is 1. The van der Waals surface area contributed by atoms with E-state index in [0.29, 0.717) is 11.3 Å². The summed E-state index contributed by atoms with van der Waals surface area (Å²) in [5.74, 6) is 1.49. The summed E-state index contributed by atoms with van der Waals surface area (Å²) in [4.78, 5) is 10.9. The fraction of sp³-hybridized carbons (Fsp3) is 0.947. The molecule has 1 aliphatic rings. The second-order valence-electron chi connectivity index (χ2n) is 7.74. The highest BCUT2D eigenvalue weighted by atomic mass is 16.1. The highest BCUT2D eigenvalue weighted by Crippen LogP contribution is 2.44. The van der Waals surface area contributed by atoms with E-state index in [1.807, 2.05) is 0 Å². The Morgan fingerprint density at radius 2 is 1.65 bits per heavy atom. The van der Waals surface area contributed by atoms with Crippen LogP contribution in [-0.2, 0) is 4.79 Å². The maximum atomic E-state index is 10.9. The van der Waals surface area contributed by atoms with Gasteiger partial charge < -0.3 is 4.79 Å². The molecular formula is C19H36O. The van der Waals surface area contributed by atoms with Crippen molar-refractivity contribution in [1.29, 1.82) is 0 Å². The third kappa shape index (κ3) is 6.90. The molecule has 20 heavy (non-hydrogen) atoms. The molecule has 0 spiro atoms. The second kappa shape index (κ2) is 9.58. The lowest BCUT2D eigenvalue weighted by atomic mass is 9.65. The highest BCUT2D eigenvalue weighted by molar-refractivity contribution is 5.49. The van der Waals surface area contributed by atoms with Crippen LogP contribution >= 0.6 is 0 Å². The van der Waals surface area contributed by atoms with Gasteiger partial charge in [0.15, 0.2) is 0 Å². The van der Waals surface area contributed by atoms with Gasteiger partial charge in [-0.1, -0.05) is 72.1 Å². The predicted molar refractivity (Wildman–Crippen MR) is 87.9 cm³/mol. The molecule has 1 aliphatic carbocycles. The van der Waals surface area contributed by atoms with Crippen LogP contribution in [0.5, 0.6) is 0 Å². The van der Waals surface area contributed by atoms with Gasteiger partial charge in [-0.15, -0.1) is 0 Å². The van der Waals surface area contributed by atoms with Crippen molar-refractivity contribution in [3.8, 4) is 0 Å². The van der Waals surface area contributed by atoms with Crippen LogP contribution in [0.2, 0.25) is 0 Å². The fourth-order valence-corrected chi connectivity index (χ4v) is 3.93. The molecule has 0 amide bonds. The zero-order valence-corrected chi connectivity index (χ0v) is 14.1. The Morgan fingerprint density at radius 3 is 2.30 bits per heavy atom. The van der Waals surface area contributed by atoms with Gasteiger partial charge in [-0.05, 0) is 36.5 Å². The van der Waals surface area contributed by atoms with Gasteiger partial charge in [0.05, 0.1) is 0 Å². The smallest absolute Gasteiger partial charge is 0.120 e. The summed E-state index contributed by atoms with van der Waals surface area (Å²) in [7, 11) is 0. The lowest BCUT2D eigenvalue weighted by molar-refractivity contribution is -0.109. The van der Waals surface area contributed by atoms with E-state index in [1.165, 1.54) is 70.6 Å². The molecule has 0 N–H and O–H groups in total. The second-order valence-corrected chi connectivity index (χ2v) is 7.74. The quantitative estimate of drug-likeness (QED) is 0.346. The van der Waals surface area contributed by atoms with Gasteiger partial charge in [0.25, 0.3) is 0 Å². The van der Waals surface area contributed by atoms with E-state index in [9.17, 15) is 4.79 Å². The first kappa shape index (κ1) is 17.7. The van der Waals surface area contributed by atoms with Crippen LogP contribution in [0.4, 0.5) is 0 Å². The molecule has 0 aromatic rings. The average Bonchev–Trinajstić information content (AvgIpc) is 2.39. The Kier molecular flexibility index (Phi) is 8.49. The third-order valence-electron chi connectivity index (χ3n) is 5.25. The summed E-state index contributed by atoms with van der Waals surface area (Å²) >= 11 is 0. The van der Waals surface area contributed by atoms with Crippen LogP contribution in [0.1, 0.15) is 97.8 Å². The predicted octanol–water partition coefficient (Wildman–Crippen LogP) is 6.16. The summed E-state index contributed by atoms with van der Waals surface area (Å²) < 4.78 is 0. The summed E-state index contributed by atoms with van der Waals surface area (Å²) in [5.41, 5.74) is 0.463. The van der Waals surface area contributed by atoms with E-state index in [2.05, 4.69) is 20.8 Å². The number of aldehydes is 1. The lowest BCUT2D eigenvalue weighted by Crippen LogP contribution is -2.30. The Bertz CT molecular complexity index is 256. The maximum absolute atomic E-state index is 10.9. The van der Waals surface area contributed by atoms with E-state index in [4.69, 9.17) is 0 Å². The molecule has 0 aliphatic heterocycles. The fourth-order valence-electron chi connectivity index (χ4n) is 3.93. The topological polar surface area (TPSA) is 17.1 Å². The van der Waals surface area contributed by atoms with E-state index in [1.54, 1.807) is 0 Å². The number of rotatable bonds is 10. The largest absolute Gasteiger partial charge is 0.303 e. The Labute approximate surface area is 126 Å². The third-order valence-corrected chi connectivity index (χ3v) is 5.25. The monoisotopic (exact) mass is 280 g/mol. The van der Waals surface area contributed by atoms with E-state index in [-0.39, 0.29) is 0 Å². The van der Waals surface area contributed by atoms with Gasteiger partial charge in [0.2, 0.25) is 0 Å². The lowest BCUT2D eigenvalue weighted by Gasteiger charge is -2.40. The molecule has 1 nitrogen and oxygen atoms in total. The van der Waals surface area contributed by atoms with Crippen LogP contribution < -0.4 is 0 Å². The number of carbonyl (C=O) groups is 1. The van der Waals surface area contributed by atoms with Gasteiger partial charge in [0.1, 0.15) is 6.29 Å². The molecule has 0 heterocycles. The van der Waals surface area contributed by atoms with Crippen molar-refractivity contribution in [3.63, 3.8) is 0 Å². The highest BCUT2D eigenvalue weighted by Gasteiger charge is 2.33. The molecule has 0 bridgehead atoms. The molecular weight excluding hydrogens is 244 g/mol. The minimum absolute atomic E-state index is 0.463. The van der Waals surface area contributed by atoms with Crippen molar-refractivity contribution < 1.29 is 4.79 Å². The number of unbranched alkanes of at least 4 members (excludes halogenated alkanes) is 6. The zero-order valence-electron chi connectivity index (χ0n) is 14.1. The average molecular weight is 280 g/mol. The number of hydrogen-bond donors (Lipinski definition) is 0. The first-order valence-corrected chi connectivity index (χ1v) is 9.02. The Balaban J connectivity index is 2.19. The summed E-state index contributed by atoms with van der Waals surface area (Å²) in [6, 6.07) is 0. The van der Waals surface area contributed by atoms with Crippen LogP contribution in [0, 0.1) is 17.3 Å². The molecule has 118 valence electrons. The van der Waals surface area contributed by atoms with Crippen molar-refractivity contribution in [2.75, 3.05) is 0 Å². The molecule has 1 heteroatoms. The molecule has 0 aromatic carbocycles. The van der Waals surface area contributed by atoms with E-state index in [0.717, 1.165) is 18.6 Å². The van der Waals surface area contributed by atoms with Gasteiger partial charge in [-0.25, -0.2) is 0 Å². The van der Waals surface area contributed by atoms with E-state index < -0.39 is 0 Å². The minimum Gasteiger partial charge on any atom is -0.303 e. The molecule has 1 saturated carbocycles. The van der Waals surface area contributed by atoms with Crippen LogP contribution in [0.25, 0.3) is 0 Å². The SMILES string of the molecule is CCCCCCCCC[C@@H]1CCC(C)(C)C[C@H]1CC=O. The Hall–Kier alpha value is -0.330. The van der Waals surface area contributed by atoms with Crippen LogP contribution in [-0.4, -0.2) is 6.29 Å². The standard InChI is InChI=1S/C19H36O/c1-4-5-6-7-8-9-10-11-17-12-14-19(2,3)16-18(17)13-15-20/h15,17-18H,4-14,16H2,1-3H3/t17-,18-/m1/s1. The Morgan fingerprint density at radius 1 is 1.00 bits per heavy atom. The van der Waals surface area contributed by atoms with Crippen molar-refractivity contribution >= 4 is 6.29 Å². The zero-order chi connectivity index (χ0) is 14.8.